The van der Waals surface area contributed by atoms with E-state index in [2.05, 4.69) is 18.4 Å². The Balaban J connectivity index is 1.79. The maximum absolute atomic E-state index is 2.90. The van der Waals surface area contributed by atoms with Crippen LogP contribution in [0, 0.1) is 0 Å². The quantitative estimate of drug-likeness (QED) is 0.429. The van der Waals surface area contributed by atoms with Crippen LogP contribution >= 0.6 is 5.50 Å². The first-order valence-electron chi connectivity index (χ1n) is 9.48. The van der Waals surface area contributed by atoms with Gasteiger partial charge in [-0.2, -0.15) is 0 Å². The molecule has 0 saturated heterocycles. The summed E-state index contributed by atoms with van der Waals surface area (Å²) < 4.78 is 0. The van der Waals surface area contributed by atoms with Crippen molar-refractivity contribution in [1.82, 2.24) is 0 Å². The summed E-state index contributed by atoms with van der Waals surface area (Å²) in [5, 5.41) is 0. The molecule has 0 unspecified atom stereocenters. The van der Waals surface area contributed by atoms with Gasteiger partial charge in [-0.05, 0) is 0 Å². The standard InChI is InChI=1S/C18H33P.Ir/c1-4-10-16(11-5-1)19(17-12-6-2-7-13-17)18-14-8-3-9-15-18;/h16-18H,1-15H2;/q;-1/p+1. The van der Waals surface area contributed by atoms with Gasteiger partial charge in [0.05, 0.1) is 0 Å². The second-order valence-corrected chi connectivity index (χ2v) is 18.0. The van der Waals surface area contributed by atoms with Crippen LogP contribution in [0.4, 0.5) is 0 Å². The van der Waals surface area contributed by atoms with Crippen LogP contribution in [0.25, 0.3) is 0 Å². The van der Waals surface area contributed by atoms with Crippen LogP contribution in [0.2, 0.25) is 0 Å². The third-order valence-corrected chi connectivity index (χ3v) is 20.8. The van der Waals surface area contributed by atoms with Crippen molar-refractivity contribution in [2.75, 3.05) is 0 Å². The molecule has 0 aromatic carbocycles. The van der Waals surface area contributed by atoms with Gasteiger partial charge in [0.1, 0.15) is 0 Å². The van der Waals surface area contributed by atoms with Gasteiger partial charge in [-0.25, -0.2) is 0 Å². The first-order chi connectivity index (χ1) is 9.82. The van der Waals surface area contributed by atoms with E-state index in [1.54, 1.807) is 77.0 Å². The van der Waals surface area contributed by atoms with Crippen LogP contribution in [0.15, 0.2) is 0 Å². The Morgan fingerprint density at radius 1 is 0.450 bits per heavy atom. The zero-order valence-electron chi connectivity index (χ0n) is 13.2. The van der Waals surface area contributed by atoms with Crippen molar-refractivity contribution in [3.8, 4) is 0 Å². The van der Waals surface area contributed by atoms with Gasteiger partial charge in [-0.15, -0.1) is 0 Å². The predicted octanol–water partition coefficient (Wildman–Crippen LogP) is 6.20. The monoisotopic (exact) mass is 474 g/mol. The Bertz CT molecular complexity index is 240. The molecule has 0 N–H and O–H groups in total. The average molecular weight is 474 g/mol. The molecule has 3 fully saturated rings. The van der Waals surface area contributed by atoms with E-state index in [1.165, 1.54) is 36.2 Å². The molecular weight excluding hydrogens is 439 g/mol. The first kappa shape index (κ1) is 16.0. The first-order valence-corrected chi connectivity index (χ1v) is 15.1. The Kier molecular flexibility index (Phi) is 6.04. The molecular formula is C18H34IrP. The fourth-order valence-electron chi connectivity index (χ4n) is 5.60. The van der Waals surface area contributed by atoms with Crippen LogP contribution in [-0.2, 0) is 18.4 Å². The van der Waals surface area contributed by atoms with E-state index in [-0.39, 0.29) is 0 Å². The minimum atomic E-state index is -1.05. The molecule has 120 valence electrons. The third-order valence-electron chi connectivity index (χ3n) is 6.64. The van der Waals surface area contributed by atoms with Crippen molar-refractivity contribution in [1.29, 1.82) is 0 Å². The maximum atomic E-state index is 2.90. The Hall–Kier alpha value is 1.08. The van der Waals surface area contributed by atoms with Gasteiger partial charge in [-0.1, -0.05) is 0 Å². The number of hydrogen-bond donors (Lipinski definition) is 0. The molecule has 0 amide bonds. The molecule has 0 bridgehead atoms. The van der Waals surface area contributed by atoms with Crippen molar-refractivity contribution in [2.45, 2.75) is 113 Å². The van der Waals surface area contributed by atoms with Gasteiger partial charge in [-0.3, -0.25) is 0 Å². The van der Waals surface area contributed by atoms with E-state index in [0.717, 1.165) is 0 Å². The van der Waals surface area contributed by atoms with Crippen LogP contribution in [0.5, 0.6) is 0 Å². The fraction of sp³-hybridized carbons (Fsp3) is 1.00. The molecule has 0 spiro atoms. The average Bonchev–Trinajstić information content (AvgIpc) is 2.56. The summed E-state index contributed by atoms with van der Waals surface area (Å²) in [6.45, 7) is 0. The van der Waals surface area contributed by atoms with Crippen molar-refractivity contribution >= 4 is 5.50 Å². The van der Waals surface area contributed by atoms with Crippen LogP contribution in [0.1, 0.15) is 96.3 Å². The molecule has 0 aliphatic heterocycles. The summed E-state index contributed by atoms with van der Waals surface area (Å²) in [5.41, 5.74) is 2.58. The normalized spacial score (nSPS) is 29.5. The summed E-state index contributed by atoms with van der Waals surface area (Å²) in [5.74, 6) is 0. The summed E-state index contributed by atoms with van der Waals surface area (Å²) in [6.07, 6.45) is 23.7. The predicted molar refractivity (Wildman–Crippen MR) is 88.9 cm³/mol. The fourth-order valence-corrected chi connectivity index (χ4v) is 17.6. The van der Waals surface area contributed by atoms with E-state index in [1.807, 2.05) is 0 Å². The molecule has 3 aliphatic carbocycles. The van der Waals surface area contributed by atoms with Crippen LogP contribution < -0.4 is 0 Å². The molecule has 3 aliphatic rings. The summed E-state index contributed by atoms with van der Waals surface area (Å²) >= 11 is 2.90. The SMILES string of the molecule is [Ir][PH](C1CCCCC1)(C1CCCCC1)C1CCCCC1. The van der Waals surface area contributed by atoms with E-state index in [4.69, 9.17) is 0 Å². The topological polar surface area (TPSA) is 0 Å². The van der Waals surface area contributed by atoms with E-state index in [0.29, 0.717) is 0 Å². The molecule has 0 aromatic heterocycles. The molecule has 0 heterocycles. The number of hydrogen-bond acceptors (Lipinski definition) is 0. The van der Waals surface area contributed by atoms with Gasteiger partial charge in [0.25, 0.3) is 0 Å². The van der Waals surface area contributed by atoms with E-state index in [9.17, 15) is 0 Å². The van der Waals surface area contributed by atoms with Gasteiger partial charge in [0.15, 0.2) is 0 Å². The van der Waals surface area contributed by atoms with E-state index < -0.39 is 5.50 Å². The van der Waals surface area contributed by atoms with Crippen LogP contribution in [-0.4, -0.2) is 17.0 Å². The molecule has 0 atom stereocenters. The Morgan fingerprint density at radius 2 is 0.700 bits per heavy atom. The van der Waals surface area contributed by atoms with Crippen molar-refractivity contribution in [3.05, 3.63) is 0 Å². The van der Waals surface area contributed by atoms with Crippen LogP contribution in [0.3, 0.4) is 0 Å². The number of rotatable bonds is 3. The van der Waals surface area contributed by atoms with Crippen molar-refractivity contribution in [2.24, 2.45) is 0 Å². The molecule has 0 radical (unpaired) electrons. The van der Waals surface area contributed by atoms with Gasteiger partial charge >= 0.3 is 137 Å². The van der Waals surface area contributed by atoms with Gasteiger partial charge in [0.2, 0.25) is 0 Å². The molecule has 0 aromatic rings. The molecule has 2 heteroatoms. The minimum absolute atomic E-state index is 1.05. The van der Waals surface area contributed by atoms with Gasteiger partial charge < -0.3 is 0 Å². The zero-order valence-corrected chi connectivity index (χ0v) is 16.6. The molecule has 0 nitrogen and oxygen atoms in total. The van der Waals surface area contributed by atoms with Crippen molar-refractivity contribution < 1.29 is 18.4 Å². The molecule has 3 rings (SSSR count). The zero-order chi connectivity index (χ0) is 13.8. The summed E-state index contributed by atoms with van der Waals surface area (Å²) in [4.78, 5) is 0. The molecule has 20 heavy (non-hydrogen) atoms. The second-order valence-electron chi connectivity index (χ2n) is 7.79. The second kappa shape index (κ2) is 7.57. The Morgan fingerprint density at radius 3 is 0.950 bits per heavy atom. The molecule has 3 saturated carbocycles. The summed E-state index contributed by atoms with van der Waals surface area (Å²) in [7, 11) is 0. The van der Waals surface area contributed by atoms with E-state index >= 15 is 0 Å². The Labute approximate surface area is 137 Å². The third kappa shape index (κ3) is 3.36. The summed E-state index contributed by atoms with van der Waals surface area (Å²) in [6, 6.07) is 0. The van der Waals surface area contributed by atoms with Gasteiger partial charge in [0, 0.05) is 0 Å². The van der Waals surface area contributed by atoms with Crippen molar-refractivity contribution in [3.63, 3.8) is 0 Å².